The third-order valence-corrected chi connectivity index (χ3v) is 7.59. The number of carbonyl (C=O) groups excluding carboxylic acids is 3. The number of allylic oxidation sites excluding steroid dienone is 2. The second-order valence-corrected chi connectivity index (χ2v) is 9.27. The molecule has 0 spiro atoms. The summed E-state index contributed by atoms with van der Waals surface area (Å²) in [6, 6.07) is 5.64. The average Bonchev–Trinajstić information content (AvgIpc) is 2.70. The monoisotopic (exact) mass is 412 g/mol. The van der Waals surface area contributed by atoms with Crippen LogP contribution < -0.4 is 9.96 Å². The lowest BCUT2D eigenvalue weighted by atomic mass is 9.45. The molecular weight excluding hydrogens is 386 g/mol. The van der Waals surface area contributed by atoms with E-state index in [1.165, 1.54) is 30.3 Å². The summed E-state index contributed by atoms with van der Waals surface area (Å²) in [6.45, 7) is 4.04. The zero-order valence-electron chi connectivity index (χ0n) is 17.2. The first-order valence-corrected chi connectivity index (χ1v) is 10.4. The van der Waals surface area contributed by atoms with Crippen LogP contribution in [0.4, 0.5) is 5.69 Å². The first-order chi connectivity index (χ1) is 14.1. The van der Waals surface area contributed by atoms with Crippen molar-refractivity contribution >= 4 is 23.2 Å². The van der Waals surface area contributed by atoms with Crippen LogP contribution in [0.2, 0.25) is 0 Å². The highest BCUT2D eigenvalue weighted by Gasteiger charge is 2.60. The number of benzene rings is 1. The largest absolute Gasteiger partial charge is 0.733 e. The molecule has 30 heavy (non-hydrogen) atoms. The molecule has 0 radical (unpaired) electrons. The van der Waals surface area contributed by atoms with E-state index in [1.54, 1.807) is 0 Å². The summed E-state index contributed by atoms with van der Waals surface area (Å²) in [6.07, 6.45) is 5.26. The lowest BCUT2D eigenvalue weighted by Crippen LogP contribution is -2.56. The van der Waals surface area contributed by atoms with Crippen molar-refractivity contribution in [3.05, 3.63) is 41.1 Å². The van der Waals surface area contributed by atoms with Crippen LogP contribution >= 0.6 is 0 Å². The van der Waals surface area contributed by atoms with Gasteiger partial charge in [-0.25, -0.2) is 0 Å². The predicted molar refractivity (Wildman–Crippen MR) is 109 cm³/mol. The first-order valence-electron chi connectivity index (χ1n) is 10.4. The molecule has 4 rings (SSSR count). The lowest BCUT2D eigenvalue weighted by molar-refractivity contribution is -0.163. The third-order valence-electron chi connectivity index (χ3n) is 7.59. The van der Waals surface area contributed by atoms with Gasteiger partial charge in [0.1, 0.15) is 5.75 Å². The summed E-state index contributed by atoms with van der Waals surface area (Å²) in [5.74, 6) is -0.285. The number of rotatable bonds is 3. The highest BCUT2D eigenvalue weighted by atomic mass is 16.8. The maximum absolute atomic E-state index is 13.3. The van der Waals surface area contributed by atoms with E-state index in [1.807, 2.05) is 6.92 Å². The number of hydrogen-bond acceptors (Lipinski definition) is 7. The molecule has 3 aliphatic rings. The number of ketones is 2. The van der Waals surface area contributed by atoms with E-state index in [0.29, 0.717) is 24.8 Å². The SMILES string of the molecule is C[C@]12CCC[C@@](C)(C(=O)Oc3ccc(N([O-])O)cc3)[C@@H]1CC(=O)C1=CC(=O)CC[C@@H]12. The van der Waals surface area contributed by atoms with Crippen LogP contribution in [0.1, 0.15) is 52.4 Å². The second-order valence-electron chi connectivity index (χ2n) is 9.27. The molecular formula is C23H26NO6-. The van der Waals surface area contributed by atoms with Gasteiger partial charge < -0.3 is 15.2 Å². The molecule has 1 aromatic carbocycles. The third kappa shape index (κ3) is 3.26. The highest BCUT2D eigenvalue weighted by Crippen LogP contribution is 2.62. The molecule has 160 valence electrons. The predicted octanol–water partition coefficient (Wildman–Crippen LogP) is 3.98. The van der Waals surface area contributed by atoms with Gasteiger partial charge in [0.05, 0.1) is 11.1 Å². The van der Waals surface area contributed by atoms with Gasteiger partial charge in [0, 0.05) is 18.4 Å². The maximum atomic E-state index is 13.3. The fourth-order valence-electron chi connectivity index (χ4n) is 5.95. The number of esters is 1. The van der Waals surface area contributed by atoms with Crippen molar-refractivity contribution in [1.29, 1.82) is 0 Å². The van der Waals surface area contributed by atoms with Crippen molar-refractivity contribution in [2.75, 3.05) is 5.23 Å². The summed E-state index contributed by atoms with van der Waals surface area (Å²) < 4.78 is 5.65. The van der Waals surface area contributed by atoms with Gasteiger partial charge in [-0.1, -0.05) is 13.3 Å². The quantitative estimate of drug-likeness (QED) is 0.455. The molecule has 0 saturated heterocycles. The van der Waals surface area contributed by atoms with Crippen LogP contribution in [-0.4, -0.2) is 22.7 Å². The van der Waals surface area contributed by atoms with E-state index in [2.05, 4.69) is 6.92 Å². The van der Waals surface area contributed by atoms with Crippen LogP contribution in [-0.2, 0) is 14.4 Å². The van der Waals surface area contributed by atoms with Crippen molar-refractivity contribution in [2.24, 2.45) is 22.7 Å². The Balaban J connectivity index is 1.62. The molecule has 0 bridgehead atoms. The minimum atomic E-state index is -0.824. The summed E-state index contributed by atoms with van der Waals surface area (Å²) in [4.78, 5) is 38.1. The highest BCUT2D eigenvalue weighted by molar-refractivity contribution is 6.05. The topological polar surface area (TPSA) is 107 Å². The molecule has 1 aromatic rings. The Labute approximate surface area is 175 Å². The maximum Gasteiger partial charge on any atom is 0.317 e. The van der Waals surface area contributed by atoms with E-state index in [-0.39, 0.29) is 57.9 Å². The van der Waals surface area contributed by atoms with E-state index >= 15 is 0 Å². The lowest BCUT2D eigenvalue weighted by Gasteiger charge is -2.57. The molecule has 0 amide bonds. The van der Waals surface area contributed by atoms with Crippen molar-refractivity contribution in [1.82, 2.24) is 0 Å². The first kappa shape index (κ1) is 20.8. The molecule has 0 unspecified atom stereocenters. The van der Waals surface area contributed by atoms with Crippen molar-refractivity contribution in [3.8, 4) is 5.75 Å². The minimum Gasteiger partial charge on any atom is -0.733 e. The normalized spacial score (nSPS) is 33.3. The smallest absolute Gasteiger partial charge is 0.317 e. The van der Waals surface area contributed by atoms with Gasteiger partial charge in [-0.3, -0.25) is 19.6 Å². The Morgan fingerprint density at radius 2 is 1.90 bits per heavy atom. The zero-order valence-corrected chi connectivity index (χ0v) is 17.2. The van der Waals surface area contributed by atoms with Crippen LogP contribution in [0, 0.1) is 27.9 Å². The van der Waals surface area contributed by atoms with Gasteiger partial charge in [-0.2, -0.15) is 0 Å². The number of ether oxygens (including phenoxy) is 1. The molecule has 7 nitrogen and oxygen atoms in total. The van der Waals surface area contributed by atoms with E-state index in [0.717, 1.165) is 12.8 Å². The molecule has 2 fully saturated rings. The summed E-state index contributed by atoms with van der Waals surface area (Å²) >= 11 is 0. The Morgan fingerprint density at radius 1 is 1.20 bits per heavy atom. The van der Waals surface area contributed by atoms with E-state index in [4.69, 9.17) is 9.94 Å². The summed E-state index contributed by atoms with van der Waals surface area (Å²) in [5, 5.41) is 19.6. The van der Waals surface area contributed by atoms with E-state index in [9.17, 15) is 19.6 Å². The fourth-order valence-corrected chi connectivity index (χ4v) is 5.95. The Morgan fingerprint density at radius 3 is 2.57 bits per heavy atom. The van der Waals surface area contributed by atoms with Crippen LogP contribution in [0.3, 0.4) is 0 Å². The molecule has 0 aliphatic heterocycles. The number of carbonyl (C=O) groups is 3. The Kier molecular flexibility index (Phi) is 5.06. The van der Waals surface area contributed by atoms with Crippen molar-refractivity contribution in [2.45, 2.75) is 52.4 Å². The fraction of sp³-hybridized carbons (Fsp3) is 0.522. The number of nitrogens with zero attached hydrogens (tertiary/aromatic N) is 1. The van der Waals surface area contributed by atoms with Crippen LogP contribution in [0.5, 0.6) is 5.75 Å². The molecule has 0 heterocycles. The van der Waals surface area contributed by atoms with Gasteiger partial charge in [-0.05, 0) is 73.8 Å². The number of hydrogen-bond donors (Lipinski definition) is 1. The molecule has 3 aliphatic carbocycles. The minimum absolute atomic E-state index is 0.000694. The standard InChI is InChI=1S/C23H26NO6/c1-22-10-3-11-23(2,21(27)30-16-7-4-14(5-8-16)24(28)29)20(22)13-19(26)17-12-15(25)6-9-18(17)22/h4-5,7-8,12,18,20,28H,3,6,9-11,13H2,1-2H3/q-1/t18-,20+,22+,23+/m0/s1. The van der Waals surface area contributed by atoms with Gasteiger partial charge in [0.2, 0.25) is 0 Å². The Bertz CT molecular complexity index is 920. The van der Waals surface area contributed by atoms with Gasteiger partial charge in [-0.15, -0.1) is 0 Å². The van der Waals surface area contributed by atoms with Crippen molar-refractivity contribution < 1.29 is 24.3 Å². The molecule has 4 atom stereocenters. The molecule has 7 heteroatoms. The molecule has 0 aromatic heterocycles. The number of anilines is 1. The van der Waals surface area contributed by atoms with Gasteiger partial charge in [0.15, 0.2) is 11.6 Å². The molecule has 1 N–H and O–H groups in total. The molecule has 2 saturated carbocycles. The zero-order chi connectivity index (χ0) is 21.7. The summed E-state index contributed by atoms with van der Waals surface area (Å²) in [7, 11) is 0. The second kappa shape index (κ2) is 7.32. The number of Topliss-reactive ketones (excluding diaryl/α,β-unsaturated/α-hetero) is 1. The van der Waals surface area contributed by atoms with Crippen LogP contribution in [0.25, 0.3) is 0 Å². The van der Waals surface area contributed by atoms with Gasteiger partial charge >= 0.3 is 5.97 Å². The Hall–Kier alpha value is -2.51. The summed E-state index contributed by atoms with van der Waals surface area (Å²) in [5.41, 5.74) is -0.383. The van der Waals surface area contributed by atoms with Gasteiger partial charge in [0.25, 0.3) is 0 Å². The average molecular weight is 412 g/mol. The van der Waals surface area contributed by atoms with Crippen molar-refractivity contribution in [3.63, 3.8) is 0 Å². The van der Waals surface area contributed by atoms with Crippen LogP contribution in [0.15, 0.2) is 35.9 Å². The number of fused-ring (bicyclic) bond motifs is 3. The van der Waals surface area contributed by atoms with E-state index < -0.39 is 5.41 Å².